The number of rotatable bonds is 12. The normalized spacial score (nSPS) is 11.1. The molecule has 25 heavy (non-hydrogen) atoms. The third-order valence-corrected chi connectivity index (χ3v) is 4.90. The largest absolute Gasteiger partial charge is 0.508 e. The number of Topliss-reactive ketones (excluding diaryl/α,β-unsaturated/α-hetero) is 1. The van der Waals surface area contributed by atoms with Gasteiger partial charge in [0.2, 0.25) is 0 Å². The molecule has 0 fully saturated rings. The highest BCUT2D eigenvalue weighted by molar-refractivity contribution is 6.00. The van der Waals surface area contributed by atoms with Crippen molar-refractivity contribution in [3.8, 4) is 5.75 Å². The van der Waals surface area contributed by atoms with Crippen molar-refractivity contribution in [1.29, 1.82) is 0 Å². The third-order valence-electron chi connectivity index (χ3n) is 4.90. The molecular weight excluding hydrogens is 308 g/mol. The van der Waals surface area contributed by atoms with Gasteiger partial charge in [0.25, 0.3) is 0 Å². The van der Waals surface area contributed by atoms with Gasteiger partial charge in [-0.15, -0.1) is 0 Å². The standard InChI is InChI=1S/C23H32O2/c1-2-3-4-5-6-7-8-9-10-11-12-23(25)21-14-13-20-18-22(24)16-15-19(20)17-21/h13-18,24H,2-12H2,1H3. The van der Waals surface area contributed by atoms with Crippen LogP contribution < -0.4 is 0 Å². The van der Waals surface area contributed by atoms with Crippen LogP contribution in [0, 0.1) is 0 Å². The Kier molecular flexibility index (Phi) is 8.51. The zero-order chi connectivity index (χ0) is 17.9. The number of carbonyl (C=O) groups is 1. The molecule has 0 aliphatic carbocycles. The van der Waals surface area contributed by atoms with Crippen LogP contribution in [-0.4, -0.2) is 10.9 Å². The van der Waals surface area contributed by atoms with Crippen molar-refractivity contribution in [2.45, 2.75) is 77.6 Å². The number of benzene rings is 2. The van der Waals surface area contributed by atoms with Gasteiger partial charge in [-0.1, -0.05) is 82.9 Å². The van der Waals surface area contributed by atoms with Crippen LogP contribution in [0.25, 0.3) is 10.8 Å². The molecule has 2 aromatic carbocycles. The molecule has 0 saturated heterocycles. The molecule has 2 aromatic rings. The van der Waals surface area contributed by atoms with Crippen LogP contribution in [0.5, 0.6) is 5.75 Å². The molecule has 0 amide bonds. The molecule has 136 valence electrons. The van der Waals surface area contributed by atoms with E-state index in [9.17, 15) is 9.90 Å². The second kappa shape index (κ2) is 10.9. The van der Waals surface area contributed by atoms with Gasteiger partial charge in [0.1, 0.15) is 5.75 Å². The van der Waals surface area contributed by atoms with Crippen molar-refractivity contribution in [3.63, 3.8) is 0 Å². The number of ketones is 1. The molecule has 0 spiro atoms. The molecule has 0 aromatic heterocycles. The summed E-state index contributed by atoms with van der Waals surface area (Å²) >= 11 is 0. The molecule has 0 atom stereocenters. The maximum atomic E-state index is 12.3. The molecule has 0 saturated carbocycles. The van der Waals surface area contributed by atoms with Crippen LogP contribution in [0.4, 0.5) is 0 Å². The average molecular weight is 341 g/mol. The van der Waals surface area contributed by atoms with E-state index in [1.165, 1.54) is 51.4 Å². The van der Waals surface area contributed by atoms with E-state index in [-0.39, 0.29) is 11.5 Å². The Balaban J connectivity index is 1.63. The molecule has 0 bridgehead atoms. The highest BCUT2D eigenvalue weighted by atomic mass is 16.3. The molecule has 0 unspecified atom stereocenters. The van der Waals surface area contributed by atoms with Gasteiger partial charge in [0.05, 0.1) is 0 Å². The number of fused-ring (bicyclic) bond motifs is 1. The number of unbranched alkanes of at least 4 members (excludes halogenated alkanes) is 9. The molecule has 2 heteroatoms. The predicted octanol–water partition coefficient (Wildman–Crippen LogP) is 7.04. The first-order chi connectivity index (χ1) is 12.2. The monoisotopic (exact) mass is 340 g/mol. The molecule has 2 nitrogen and oxygen atoms in total. The smallest absolute Gasteiger partial charge is 0.162 e. The minimum atomic E-state index is 0.231. The maximum absolute atomic E-state index is 12.3. The van der Waals surface area contributed by atoms with Gasteiger partial charge < -0.3 is 5.11 Å². The quantitative estimate of drug-likeness (QED) is 0.332. The van der Waals surface area contributed by atoms with Crippen molar-refractivity contribution in [2.75, 3.05) is 0 Å². The van der Waals surface area contributed by atoms with Crippen molar-refractivity contribution < 1.29 is 9.90 Å². The van der Waals surface area contributed by atoms with E-state index in [4.69, 9.17) is 0 Å². The first kappa shape index (κ1) is 19.5. The topological polar surface area (TPSA) is 37.3 Å². The number of carbonyl (C=O) groups excluding carboxylic acids is 1. The lowest BCUT2D eigenvalue weighted by Gasteiger charge is -2.05. The molecule has 0 aliphatic heterocycles. The van der Waals surface area contributed by atoms with Crippen LogP contribution in [0.2, 0.25) is 0 Å². The number of phenolic OH excluding ortho intramolecular Hbond substituents is 1. The van der Waals surface area contributed by atoms with E-state index >= 15 is 0 Å². The molecule has 2 rings (SSSR count). The summed E-state index contributed by atoms with van der Waals surface area (Å²) in [5.74, 6) is 0.492. The maximum Gasteiger partial charge on any atom is 0.162 e. The van der Waals surface area contributed by atoms with E-state index in [1.54, 1.807) is 12.1 Å². The average Bonchev–Trinajstić information content (AvgIpc) is 2.62. The van der Waals surface area contributed by atoms with Crippen molar-refractivity contribution >= 4 is 16.6 Å². The van der Waals surface area contributed by atoms with Gasteiger partial charge >= 0.3 is 0 Å². The van der Waals surface area contributed by atoms with E-state index in [0.717, 1.165) is 29.2 Å². The second-order valence-electron chi connectivity index (χ2n) is 7.10. The Bertz CT molecular complexity index is 660. The van der Waals surface area contributed by atoms with E-state index < -0.39 is 0 Å². The van der Waals surface area contributed by atoms with Crippen LogP contribution in [0.1, 0.15) is 87.9 Å². The van der Waals surface area contributed by atoms with Crippen LogP contribution in [0.3, 0.4) is 0 Å². The summed E-state index contributed by atoms with van der Waals surface area (Å²) < 4.78 is 0. The Morgan fingerprint density at radius 2 is 1.32 bits per heavy atom. The zero-order valence-electron chi connectivity index (χ0n) is 15.6. The summed E-state index contributed by atoms with van der Waals surface area (Å²) in [4.78, 5) is 12.3. The lowest BCUT2D eigenvalue weighted by Crippen LogP contribution is -1.98. The molecule has 0 heterocycles. The first-order valence-corrected chi connectivity index (χ1v) is 9.96. The van der Waals surface area contributed by atoms with Crippen LogP contribution >= 0.6 is 0 Å². The van der Waals surface area contributed by atoms with Crippen molar-refractivity contribution in [2.24, 2.45) is 0 Å². The van der Waals surface area contributed by atoms with Gasteiger partial charge in [-0.2, -0.15) is 0 Å². The summed E-state index contributed by atoms with van der Waals surface area (Å²) in [5.41, 5.74) is 0.786. The minimum Gasteiger partial charge on any atom is -0.508 e. The summed E-state index contributed by atoms with van der Waals surface area (Å²) in [6.07, 6.45) is 13.5. The molecule has 0 radical (unpaired) electrons. The third kappa shape index (κ3) is 6.89. The molecule has 0 aliphatic rings. The van der Waals surface area contributed by atoms with Gasteiger partial charge in [-0.25, -0.2) is 0 Å². The van der Waals surface area contributed by atoms with E-state index in [2.05, 4.69) is 6.92 Å². The van der Waals surface area contributed by atoms with Gasteiger partial charge in [0, 0.05) is 12.0 Å². The lowest BCUT2D eigenvalue weighted by atomic mass is 10.00. The number of hydrogen-bond donors (Lipinski definition) is 1. The Hall–Kier alpha value is -1.83. The SMILES string of the molecule is CCCCCCCCCCCCC(=O)c1ccc2cc(O)ccc2c1. The zero-order valence-corrected chi connectivity index (χ0v) is 15.6. The fourth-order valence-electron chi connectivity index (χ4n) is 3.32. The van der Waals surface area contributed by atoms with Gasteiger partial charge in [-0.05, 0) is 35.4 Å². The minimum absolute atomic E-state index is 0.231. The van der Waals surface area contributed by atoms with Gasteiger partial charge in [0.15, 0.2) is 5.78 Å². The highest BCUT2D eigenvalue weighted by Crippen LogP contribution is 2.22. The Morgan fingerprint density at radius 1 is 0.760 bits per heavy atom. The van der Waals surface area contributed by atoms with Crippen LogP contribution in [0.15, 0.2) is 36.4 Å². The second-order valence-corrected chi connectivity index (χ2v) is 7.10. The summed E-state index contributed by atoms with van der Waals surface area (Å²) in [5, 5.41) is 11.5. The number of phenols is 1. The lowest BCUT2D eigenvalue weighted by molar-refractivity contribution is 0.0979. The first-order valence-electron chi connectivity index (χ1n) is 9.96. The summed E-state index contributed by atoms with van der Waals surface area (Å²) in [7, 11) is 0. The van der Waals surface area contributed by atoms with E-state index in [0.29, 0.717) is 6.42 Å². The van der Waals surface area contributed by atoms with Gasteiger partial charge in [-0.3, -0.25) is 4.79 Å². The summed E-state index contributed by atoms with van der Waals surface area (Å²) in [6, 6.07) is 11.0. The van der Waals surface area contributed by atoms with Crippen molar-refractivity contribution in [3.05, 3.63) is 42.0 Å². The fraction of sp³-hybridized carbons (Fsp3) is 0.522. The number of aromatic hydroxyl groups is 1. The van der Waals surface area contributed by atoms with Crippen LogP contribution in [-0.2, 0) is 0 Å². The Morgan fingerprint density at radius 3 is 2.00 bits per heavy atom. The predicted molar refractivity (Wildman–Crippen MR) is 106 cm³/mol. The molecule has 1 N–H and O–H groups in total. The number of hydrogen-bond acceptors (Lipinski definition) is 2. The van der Waals surface area contributed by atoms with Crippen molar-refractivity contribution in [1.82, 2.24) is 0 Å². The van der Waals surface area contributed by atoms with E-state index in [1.807, 2.05) is 24.3 Å². The Labute approximate surface area is 152 Å². The highest BCUT2D eigenvalue weighted by Gasteiger charge is 2.07. The molecular formula is C23H32O2. The fourth-order valence-corrected chi connectivity index (χ4v) is 3.32. The summed E-state index contributed by atoms with van der Waals surface area (Å²) in [6.45, 7) is 2.25.